The van der Waals surface area contributed by atoms with E-state index in [-0.39, 0.29) is 0 Å². The van der Waals surface area contributed by atoms with E-state index in [1.165, 1.54) is 0 Å². The fourth-order valence-electron chi connectivity index (χ4n) is 2.01. The van der Waals surface area contributed by atoms with Crippen molar-refractivity contribution in [3.63, 3.8) is 0 Å². The molecular formula is C16H19BrN2O2. The molecule has 5 heteroatoms. The fraction of sp³-hybridized carbons (Fsp3) is 0.312. The van der Waals surface area contributed by atoms with E-state index in [4.69, 9.17) is 9.47 Å². The summed E-state index contributed by atoms with van der Waals surface area (Å²) in [6.45, 7) is 5.26. The number of hydrogen-bond donors (Lipinski definition) is 1. The molecule has 0 saturated carbocycles. The van der Waals surface area contributed by atoms with Crippen LogP contribution in [0.3, 0.4) is 0 Å². The Bertz CT molecular complexity index is 617. The minimum Gasteiger partial charge on any atom is -0.493 e. The summed E-state index contributed by atoms with van der Waals surface area (Å²) in [6, 6.07) is 9.88. The quantitative estimate of drug-likeness (QED) is 0.794. The number of aryl methyl sites for hydroxylation is 1. The molecule has 2 aromatic rings. The lowest BCUT2D eigenvalue weighted by molar-refractivity contribution is 0.310. The van der Waals surface area contributed by atoms with Crippen LogP contribution in [-0.2, 0) is 6.54 Å². The second-order valence-electron chi connectivity index (χ2n) is 4.54. The number of hydrogen-bond acceptors (Lipinski definition) is 4. The first-order chi connectivity index (χ1) is 10.1. The van der Waals surface area contributed by atoms with E-state index in [9.17, 15) is 0 Å². The van der Waals surface area contributed by atoms with Crippen molar-refractivity contribution in [2.24, 2.45) is 0 Å². The Morgan fingerprint density at radius 1 is 1.19 bits per heavy atom. The normalized spacial score (nSPS) is 10.3. The van der Waals surface area contributed by atoms with Crippen molar-refractivity contribution in [2.75, 3.05) is 19.0 Å². The molecule has 1 aromatic carbocycles. The zero-order valence-electron chi connectivity index (χ0n) is 12.4. The largest absolute Gasteiger partial charge is 0.493 e. The molecule has 0 radical (unpaired) electrons. The number of methoxy groups -OCH3 is 1. The van der Waals surface area contributed by atoms with Gasteiger partial charge in [0.25, 0.3) is 0 Å². The van der Waals surface area contributed by atoms with Gasteiger partial charge in [0.05, 0.1) is 25.1 Å². The van der Waals surface area contributed by atoms with E-state index in [0.717, 1.165) is 33.0 Å². The van der Waals surface area contributed by atoms with Crippen LogP contribution in [0.1, 0.15) is 18.2 Å². The highest BCUT2D eigenvalue weighted by Gasteiger charge is 2.06. The molecule has 1 aromatic heterocycles. The summed E-state index contributed by atoms with van der Waals surface area (Å²) in [4.78, 5) is 4.37. The Morgan fingerprint density at radius 3 is 2.67 bits per heavy atom. The topological polar surface area (TPSA) is 43.4 Å². The molecule has 1 heterocycles. The van der Waals surface area contributed by atoms with Crippen molar-refractivity contribution in [1.29, 1.82) is 0 Å². The van der Waals surface area contributed by atoms with Crippen LogP contribution in [0.25, 0.3) is 0 Å². The lowest BCUT2D eigenvalue weighted by Gasteiger charge is -2.13. The Labute approximate surface area is 133 Å². The minimum atomic E-state index is 0.614. The number of nitrogens with one attached hydrogen (secondary N) is 1. The van der Waals surface area contributed by atoms with Gasteiger partial charge < -0.3 is 14.8 Å². The summed E-state index contributed by atoms with van der Waals surface area (Å²) in [5.41, 5.74) is 3.11. The number of aromatic nitrogens is 1. The van der Waals surface area contributed by atoms with Crippen LogP contribution in [0.4, 0.5) is 5.69 Å². The summed E-state index contributed by atoms with van der Waals surface area (Å²) in [5, 5.41) is 3.38. The highest BCUT2D eigenvalue weighted by atomic mass is 79.9. The van der Waals surface area contributed by atoms with Gasteiger partial charge in [0.1, 0.15) is 4.60 Å². The van der Waals surface area contributed by atoms with E-state index < -0.39 is 0 Å². The lowest BCUT2D eigenvalue weighted by atomic mass is 10.2. The Morgan fingerprint density at radius 2 is 2.00 bits per heavy atom. The highest BCUT2D eigenvalue weighted by molar-refractivity contribution is 9.10. The summed E-state index contributed by atoms with van der Waals surface area (Å²) in [7, 11) is 1.65. The van der Waals surface area contributed by atoms with Gasteiger partial charge in [-0.1, -0.05) is 6.07 Å². The number of anilines is 1. The van der Waals surface area contributed by atoms with Crippen molar-refractivity contribution in [1.82, 2.24) is 4.98 Å². The summed E-state index contributed by atoms with van der Waals surface area (Å²) in [5.74, 6) is 1.52. The predicted octanol–water partition coefficient (Wildman–Crippen LogP) is 4.17. The Hall–Kier alpha value is -1.75. The number of pyridine rings is 1. The standard InChI is InChI=1S/C16H19BrN2O2/c1-4-21-15-9-12(5-7-14(15)20-3)10-18-13-6-8-16(17)19-11(13)2/h5-9,18H,4,10H2,1-3H3. The maximum atomic E-state index is 5.59. The van der Waals surface area contributed by atoms with Crippen molar-refractivity contribution < 1.29 is 9.47 Å². The molecule has 2 rings (SSSR count). The van der Waals surface area contributed by atoms with E-state index in [2.05, 4.69) is 26.2 Å². The molecule has 112 valence electrons. The molecule has 0 saturated heterocycles. The van der Waals surface area contributed by atoms with Gasteiger partial charge in [-0.15, -0.1) is 0 Å². The molecule has 0 aliphatic rings. The van der Waals surface area contributed by atoms with E-state index in [1.54, 1.807) is 7.11 Å². The molecule has 4 nitrogen and oxygen atoms in total. The highest BCUT2D eigenvalue weighted by Crippen LogP contribution is 2.28. The smallest absolute Gasteiger partial charge is 0.161 e. The van der Waals surface area contributed by atoms with Crippen molar-refractivity contribution in [2.45, 2.75) is 20.4 Å². The van der Waals surface area contributed by atoms with Crippen LogP contribution < -0.4 is 14.8 Å². The van der Waals surface area contributed by atoms with Crippen LogP contribution >= 0.6 is 15.9 Å². The van der Waals surface area contributed by atoms with Gasteiger partial charge in [-0.05, 0) is 59.6 Å². The molecule has 0 aliphatic carbocycles. The SMILES string of the molecule is CCOc1cc(CNc2ccc(Br)nc2C)ccc1OC. The van der Waals surface area contributed by atoms with Crippen LogP contribution in [0, 0.1) is 6.92 Å². The number of benzene rings is 1. The van der Waals surface area contributed by atoms with E-state index >= 15 is 0 Å². The molecule has 0 aliphatic heterocycles. The van der Waals surface area contributed by atoms with E-state index in [1.807, 2.05) is 44.2 Å². The third-order valence-electron chi connectivity index (χ3n) is 3.06. The number of nitrogens with zero attached hydrogens (tertiary/aromatic N) is 1. The van der Waals surface area contributed by atoms with Crippen LogP contribution in [0.15, 0.2) is 34.9 Å². The molecule has 21 heavy (non-hydrogen) atoms. The van der Waals surface area contributed by atoms with E-state index in [0.29, 0.717) is 13.2 Å². The van der Waals surface area contributed by atoms with Crippen molar-refractivity contribution in [3.05, 3.63) is 46.2 Å². The fourth-order valence-corrected chi connectivity index (χ4v) is 2.41. The average Bonchev–Trinajstić information content (AvgIpc) is 2.47. The molecule has 0 fully saturated rings. The maximum absolute atomic E-state index is 5.59. The Kier molecular flexibility index (Phi) is 5.44. The molecular weight excluding hydrogens is 332 g/mol. The lowest BCUT2D eigenvalue weighted by Crippen LogP contribution is -2.03. The summed E-state index contributed by atoms with van der Waals surface area (Å²) >= 11 is 3.37. The number of halogens is 1. The molecule has 1 N–H and O–H groups in total. The molecule has 0 bridgehead atoms. The van der Waals surface area contributed by atoms with Crippen molar-refractivity contribution >= 4 is 21.6 Å². The second-order valence-corrected chi connectivity index (χ2v) is 5.35. The third kappa shape index (κ3) is 4.11. The van der Waals surface area contributed by atoms with Crippen LogP contribution in [0.5, 0.6) is 11.5 Å². The van der Waals surface area contributed by atoms with Crippen molar-refractivity contribution in [3.8, 4) is 11.5 Å². The molecule has 0 unspecified atom stereocenters. The van der Waals surface area contributed by atoms with Gasteiger partial charge >= 0.3 is 0 Å². The molecule has 0 spiro atoms. The minimum absolute atomic E-state index is 0.614. The first kappa shape index (κ1) is 15.6. The third-order valence-corrected chi connectivity index (χ3v) is 3.50. The van der Waals surface area contributed by atoms with Crippen LogP contribution in [0.2, 0.25) is 0 Å². The second kappa shape index (κ2) is 7.31. The van der Waals surface area contributed by atoms with Crippen LogP contribution in [-0.4, -0.2) is 18.7 Å². The summed E-state index contributed by atoms with van der Waals surface area (Å²) in [6.07, 6.45) is 0. The van der Waals surface area contributed by atoms with Gasteiger partial charge in [-0.3, -0.25) is 0 Å². The molecule has 0 atom stereocenters. The van der Waals surface area contributed by atoms with Gasteiger partial charge in [-0.25, -0.2) is 4.98 Å². The van der Waals surface area contributed by atoms with Gasteiger partial charge in [-0.2, -0.15) is 0 Å². The summed E-state index contributed by atoms with van der Waals surface area (Å²) < 4.78 is 11.7. The zero-order valence-corrected chi connectivity index (χ0v) is 14.0. The first-order valence-corrected chi connectivity index (χ1v) is 7.60. The zero-order chi connectivity index (χ0) is 15.2. The first-order valence-electron chi connectivity index (χ1n) is 6.80. The monoisotopic (exact) mass is 350 g/mol. The number of rotatable bonds is 6. The van der Waals surface area contributed by atoms with Gasteiger partial charge in [0, 0.05) is 6.54 Å². The average molecular weight is 351 g/mol. The molecule has 0 amide bonds. The van der Waals surface area contributed by atoms with Gasteiger partial charge in [0.15, 0.2) is 11.5 Å². The maximum Gasteiger partial charge on any atom is 0.161 e. The number of ether oxygens (including phenoxy) is 2. The predicted molar refractivity (Wildman–Crippen MR) is 88.2 cm³/mol. The Balaban J connectivity index is 2.10. The van der Waals surface area contributed by atoms with Gasteiger partial charge in [0.2, 0.25) is 0 Å².